The number of benzene rings is 2. The summed E-state index contributed by atoms with van der Waals surface area (Å²) in [5, 5.41) is 8.69. The van der Waals surface area contributed by atoms with Crippen molar-refractivity contribution in [3.63, 3.8) is 0 Å². The third-order valence-electron chi connectivity index (χ3n) is 5.04. The highest BCUT2D eigenvalue weighted by atomic mass is 16.4. The van der Waals surface area contributed by atoms with Crippen molar-refractivity contribution in [1.82, 2.24) is 0 Å². The highest BCUT2D eigenvalue weighted by Crippen LogP contribution is 2.39. The second-order valence-electron chi connectivity index (χ2n) is 7.54. The molecule has 3 nitrogen and oxygen atoms in total. The zero-order valence-electron chi connectivity index (χ0n) is 16.2. The van der Waals surface area contributed by atoms with E-state index in [2.05, 4.69) is 48.6 Å². The number of aliphatic carboxylic acids is 1. The molecule has 1 heterocycles. The molecule has 0 spiro atoms. The maximum absolute atomic E-state index is 10.6. The molecule has 0 saturated heterocycles. The average Bonchev–Trinajstić information content (AvgIpc) is 2.68. The van der Waals surface area contributed by atoms with Crippen molar-refractivity contribution < 1.29 is 9.90 Å². The summed E-state index contributed by atoms with van der Waals surface area (Å²) < 4.78 is 0. The van der Waals surface area contributed by atoms with E-state index in [1.54, 1.807) is 6.08 Å². The molecular weight excluding hydrogens is 346 g/mol. The Morgan fingerprint density at radius 2 is 1.86 bits per heavy atom. The minimum absolute atomic E-state index is 0.0935. The summed E-state index contributed by atoms with van der Waals surface area (Å²) in [7, 11) is 0. The van der Waals surface area contributed by atoms with Crippen LogP contribution in [0.15, 0.2) is 48.5 Å². The van der Waals surface area contributed by atoms with E-state index in [-0.39, 0.29) is 5.41 Å². The molecule has 28 heavy (non-hydrogen) atoms. The number of nitrogens with zero attached hydrogens (tertiary/aromatic N) is 1. The van der Waals surface area contributed by atoms with Crippen molar-refractivity contribution >= 4 is 17.7 Å². The van der Waals surface area contributed by atoms with Crippen LogP contribution in [0.1, 0.15) is 42.5 Å². The number of carbonyl (C=O) groups is 1. The SMILES string of the molecule is C#CCN1CCC(C)(C)c2cc(C#Cc3ccc(/C=C/C(=O)O)cc3)ccc21. The van der Waals surface area contributed by atoms with E-state index in [1.807, 2.05) is 30.3 Å². The monoisotopic (exact) mass is 369 g/mol. The molecule has 0 aromatic heterocycles. The Kier molecular flexibility index (Phi) is 5.57. The lowest BCUT2D eigenvalue weighted by Gasteiger charge is -2.39. The smallest absolute Gasteiger partial charge is 0.328 e. The van der Waals surface area contributed by atoms with E-state index in [9.17, 15) is 4.79 Å². The van der Waals surface area contributed by atoms with Crippen LogP contribution in [0.5, 0.6) is 0 Å². The molecule has 1 N–H and O–H groups in total. The lowest BCUT2D eigenvalue weighted by atomic mass is 9.77. The summed E-state index contributed by atoms with van der Waals surface area (Å²) in [4.78, 5) is 12.8. The molecule has 0 saturated carbocycles. The minimum atomic E-state index is -0.958. The van der Waals surface area contributed by atoms with Crippen LogP contribution < -0.4 is 4.90 Å². The van der Waals surface area contributed by atoms with Gasteiger partial charge in [0.05, 0.1) is 6.54 Å². The topological polar surface area (TPSA) is 40.5 Å². The van der Waals surface area contributed by atoms with Crippen LogP contribution >= 0.6 is 0 Å². The first-order chi connectivity index (χ1) is 13.4. The predicted octanol–water partition coefficient (Wildman–Crippen LogP) is 4.31. The maximum Gasteiger partial charge on any atom is 0.328 e. The largest absolute Gasteiger partial charge is 0.478 e. The summed E-state index contributed by atoms with van der Waals surface area (Å²) in [5.74, 6) is 8.22. The van der Waals surface area contributed by atoms with E-state index >= 15 is 0 Å². The van der Waals surface area contributed by atoms with Crippen LogP contribution in [0.2, 0.25) is 0 Å². The van der Waals surface area contributed by atoms with Gasteiger partial charge in [-0.15, -0.1) is 6.42 Å². The third kappa shape index (κ3) is 4.45. The van der Waals surface area contributed by atoms with E-state index in [0.717, 1.165) is 35.7 Å². The molecule has 0 fully saturated rings. The number of terminal acetylenes is 1. The lowest BCUT2D eigenvalue weighted by molar-refractivity contribution is -0.131. The Morgan fingerprint density at radius 3 is 2.54 bits per heavy atom. The predicted molar refractivity (Wildman–Crippen MR) is 114 cm³/mol. The second kappa shape index (κ2) is 8.07. The molecule has 140 valence electrons. The number of anilines is 1. The van der Waals surface area contributed by atoms with Crippen molar-refractivity contribution in [2.24, 2.45) is 0 Å². The van der Waals surface area contributed by atoms with Gasteiger partial charge in [-0.2, -0.15) is 0 Å². The Labute approximate surface area is 166 Å². The van der Waals surface area contributed by atoms with Gasteiger partial charge in [0.15, 0.2) is 0 Å². The zero-order valence-corrected chi connectivity index (χ0v) is 16.2. The van der Waals surface area contributed by atoms with Crippen LogP contribution in [0, 0.1) is 24.2 Å². The highest BCUT2D eigenvalue weighted by molar-refractivity contribution is 5.85. The molecule has 0 amide bonds. The second-order valence-corrected chi connectivity index (χ2v) is 7.54. The van der Waals surface area contributed by atoms with Gasteiger partial charge in [-0.05, 0) is 59.4 Å². The molecule has 0 atom stereocenters. The van der Waals surface area contributed by atoms with Gasteiger partial charge in [-0.3, -0.25) is 0 Å². The fourth-order valence-electron chi connectivity index (χ4n) is 3.37. The van der Waals surface area contributed by atoms with Gasteiger partial charge in [0, 0.05) is 29.4 Å². The molecule has 3 heteroatoms. The summed E-state index contributed by atoms with van der Waals surface area (Å²) in [6.07, 6.45) is 9.27. The average molecular weight is 369 g/mol. The standard InChI is InChI=1S/C25H23NO2/c1-4-16-26-17-15-25(2,3)22-18-21(11-13-23(22)26)10-9-19-5-7-20(8-6-19)12-14-24(27)28/h1,5-8,11-14,18H,15-17H2,2-3H3,(H,27,28)/b14-12+. The molecule has 0 bridgehead atoms. The van der Waals surface area contributed by atoms with Gasteiger partial charge >= 0.3 is 5.97 Å². The third-order valence-corrected chi connectivity index (χ3v) is 5.04. The summed E-state index contributed by atoms with van der Waals surface area (Å²) in [6, 6.07) is 13.8. The summed E-state index contributed by atoms with van der Waals surface area (Å²) >= 11 is 0. The molecule has 1 aliphatic heterocycles. The van der Waals surface area contributed by atoms with E-state index in [0.29, 0.717) is 6.54 Å². The van der Waals surface area contributed by atoms with E-state index in [1.165, 1.54) is 11.3 Å². The van der Waals surface area contributed by atoms with Gasteiger partial charge in [0.25, 0.3) is 0 Å². The van der Waals surface area contributed by atoms with Crippen molar-refractivity contribution in [3.05, 3.63) is 70.8 Å². The van der Waals surface area contributed by atoms with Crippen LogP contribution in [0.25, 0.3) is 6.08 Å². The number of hydrogen-bond acceptors (Lipinski definition) is 2. The number of carboxylic acids is 1. The van der Waals surface area contributed by atoms with Crippen molar-refractivity contribution in [2.45, 2.75) is 25.7 Å². The Bertz CT molecular complexity index is 1010. The first kappa shape index (κ1) is 19.3. The fourth-order valence-corrected chi connectivity index (χ4v) is 3.37. The quantitative estimate of drug-likeness (QED) is 0.648. The molecule has 0 radical (unpaired) electrons. The maximum atomic E-state index is 10.6. The van der Waals surface area contributed by atoms with Crippen molar-refractivity contribution in [3.8, 4) is 24.2 Å². The fraction of sp³-hybridized carbons (Fsp3) is 0.240. The van der Waals surface area contributed by atoms with E-state index < -0.39 is 5.97 Å². The van der Waals surface area contributed by atoms with Gasteiger partial charge in [0.2, 0.25) is 0 Å². The summed E-state index contributed by atoms with van der Waals surface area (Å²) in [5.41, 5.74) is 5.28. The van der Waals surface area contributed by atoms with Crippen LogP contribution in [0.3, 0.4) is 0 Å². The highest BCUT2D eigenvalue weighted by Gasteiger charge is 2.30. The van der Waals surface area contributed by atoms with Gasteiger partial charge < -0.3 is 10.0 Å². The normalized spacial score (nSPS) is 14.7. The number of rotatable bonds is 3. The number of carboxylic acid groups (broad SMARTS) is 1. The van der Waals surface area contributed by atoms with Crippen molar-refractivity contribution in [2.75, 3.05) is 18.0 Å². The van der Waals surface area contributed by atoms with Gasteiger partial charge in [-0.1, -0.05) is 43.7 Å². The van der Waals surface area contributed by atoms with Gasteiger partial charge in [0.1, 0.15) is 0 Å². The number of hydrogen-bond donors (Lipinski definition) is 1. The first-order valence-corrected chi connectivity index (χ1v) is 9.25. The Balaban J connectivity index is 1.85. The Morgan fingerprint density at radius 1 is 1.18 bits per heavy atom. The van der Waals surface area contributed by atoms with Gasteiger partial charge in [-0.25, -0.2) is 4.79 Å². The van der Waals surface area contributed by atoms with Crippen LogP contribution in [-0.4, -0.2) is 24.2 Å². The lowest BCUT2D eigenvalue weighted by Crippen LogP contribution is -2.37. The number of fused-ring (bicyclic) bond motifs is 1. The first-order valence-electron chi connectivity index (χ1n) is 9.25. The molecule has 3 rings (SSSR count). The zero-order chi connectivity index (χ0) is 20.1. The Hall–Kier alpha value is -3.43. The minimum Gasteiger partial charge on any atom is -0.478 e. The molecule has 0 aliphatic carbocycles. The van der Waals surface area contributed by atoms with Crippen LogP contribution in [-0.2, 0) is 10.2 Å². The molecule has 0 unspecified atom stereocenters. The molecule has 2 aromatic rings. The van der Waals surface area contributed by atoms with E-state index in [4.69, 9.17) is 11.5 Å². The molecular formula is C25H23NO2. The summed E-state index contributed by atoms with van der Waals surface area (Å²) in [6.45, 7) is 6.12. The van der Waals surface area contributed by atoms with Crippen LogP contribution in [0.4, 0.5) is 5.69 Å². The molecule has 2 aromatic carbocycles. The molecule has 1 aliphatic rings. The van der Waals surface area contributed by atoms with Crippen molar-refractivity contribution in [1.29, 1.82) is 0 Å².